The molecule has 1 amide bonds. The summed E-state index contributed by atoms with van der Waals surface area (Å²) in [7, 11) is 1.61. The topological polar surface area (TPSA) is 55.6 Å². The van der Waals surface area contributed by atoms with Gasteiger partial charge in [0.25, 0.3) is 0 Å². The predicted octanol–water partition coefficient (Wildman–Crippen LogP) is 2.16. The van der Waals surface area contributed by atoms with E-state index in [1.807, 2.05) is 0 Å². The minimum atomic E-state index is -0.240. The van der Waals surface area contributed by atoms with Crippen LogP contribution in [0.5, 0.6) is 0 Å². The van der Waals surface area contributed by atoms with Crippen LogP contribution in [0.1, 0.15) is 36.4 Å². The van der Waals surface area contributed by atoms with Crippen molar-refractivity contribution in [2.45, 2.75) is 38.3 Å². The van der Waals surface area contributed by atoms with Gasteiger partial charge in [0.1, 0.15) is 5.82 Å². The van der Waals surface area contributed by atoms with Gasteiger partial charge in [-0.05, 0) is 37.0 Å². The van der Waals surface area contributed by atoms with Gasteiger partial charge in [-0.25, -0.2) is 4.39 Å². The van der Waals surface area contributed by atoms with Crippen molar-refractivity contribution in [3.05, 3.63) is 35.1 Å². The van der Waals surface area contributed by atoms with E-state index in [2.05, 4.69) is 0 Å². The molecule has 4 nitrogen and oxygen atoms in total. The van der Waals surface area contributed by atoms with Crippen LogP contribution in [0.15, 0.2) is 18.2 Å². The molecule has 1 aliphatic rings. The molecule has 0 bridgehead atoms. The highest BCUT2D eigenvalue weighted by atomic mass is 19.1. The Morgan fingerprint density at radius 2 is 2.24 bits per heavy atom. The molecule has 1 fully saturated rings. The summed E-state index contributed by atoms with van der Waals surface area (Å²) < 4.78 is 18.6. The minimum Gasteiger partial charge on any atom is -0.383 e. The first-order valence-electron chi connectivity index (χ1n) is 7.34. The SMILES string of the molecule is COCCN1C(=O)CCCC(N)C1c1ccc(F)c(C)c1. The molecular formula is C16H23FN2O2. The Labute approximate surface area is 125 Å². The molecule has 0 saturated carbocycles. The fourth-order valence-electron chi connectivity index (χ4n) is 2.91. The smallest absolute Gasteiger partial charge is 0.223 e. The number of halogens is 1. The zero-order valence-corrected chi connectivity index (χ0v) is 12.6. The molecular weight excluding hydrogens is 271 g/mol. The van der Waals surface area contributed by atoms with Crippen molar-refractivity contribution in [3.63, 3.8) is 0 Å². The maximum Gasteiger partial charge on any atom is 0.223 e. The Morgan fingerprint density at radius 1 is 1.48 bits per heavy atom. The highest BCUT2D eigenvalue weighted by Gasteiger charge is 2.32. The third kappa shape index (κ3) is 3.60. The number of amides is 1. The summed E-state index contributed by atoms with van der Waals surface area (Å²) in [5.41, 5.74) is 7.76. The first kappa shape index (κ1) is 15.9. The highest BCUT2D eigenvalue weighted by molar-refractivity contribution is 5.77. The van der Waals surface area contributed by atoms with Gasteiger partial charge in [-0.15, -0.1) is 0 Å². The fraction of sp³-hybridized carbons (Fsp3) is 0.562. The number of nitrogens with zero attached hydrogens (tertiary/aromatic N) is 1. The van der Waals surface area contributed by atoms with Gasteiger partial charge >= 0.3 is 0 Å². The standard InChI is InChI=1S/C16H23FN2O2/c1-11-10-12(6-7-13(11)17)16-14(18)4-3-5-15(20)19(16)8-9-21-2/h6-7,10,14,16H,3-5,8-9,18H2,1-2H3. The van der Waals surface area contributed by atoms with Crippen molar-refractivity contribution in [2.24, 2.45) is 5.73 Å². The third-order valence-corrected chi connectivity index (χ3v) is 4.05. The summed E-state index contributed by atoms with van der Waals surface area (Å²) in [6, 6.07) is 4.61. The van der Waals surface area contributed by atoms with Gasteiger partial charge in [-0.1, -0.05) is 12.1 Å². The monoisotopic (exact) mass is 294 g/mol. The summed E-state index contributed by atoms with van der Waals surface area (Å²) in [5.74, 6) is -0.150. The summed E-state index contributed by atoms with van der Waals surface area (Å²) in [6.07, 6.45) is 2.09. The lowest BCUT2D eigenvalue weighted by Crippen LogP contribution is -2.43. The van der Waals surface area contributed by atoms with Crippen LogP contribution in [0, 0.1) is 12.7 Å². The molecule has 0 aromatic heterocycles. The molecule has 1 aromatic carbocycles. The van der Waals surface area contributed by atoms with Crippen molar-refractivity contribution in [1.29, 1.82) is 0 Å². The van der Waals surface area contributed by atoms with Crippen LogP contribution in [-0.4, -0.2) is 37.1 Å². The molecule has 0 spiro atoms. The quantitative estimate of drug-likeness (QED) is 0.926. The number of benzene rings is 1. The van der Waals surface area contributed by atoms with Crippen molar-refractivity contribution >= 4 is 5.91 Å². The lowest BCUT2D eigenvalue weighted by atomic mass is 9.95. The van der Waals surface area contributed by atoms with Crippen molar-refractivity contribution in [2.75, 3.05) is 20.3 Å². The number of rotatable bonds is 4. The Morgan fingerprint density at radius 3 is 2.90 bits per heavy atom. The van der Waals surface area contributed by atoms with E-state index in [1.54, 1.807) is 31.1 Å². The summed E-state index contributed by atoms with van der Waals surface area (Å²) in [6.45, 7) is 2.70. The van der Waals surface area contributed by atoms with Gasteiger partial charge in [0.15, 0.2) is 0 Å². The molecule has 2 rings (SSSR count). The van der Waals surface area contributed by atoms with Crippen molar-refractivity contribution in [1.82, 2.24) is 4.90 Å². The average Bonchev–Trinajstić information content (AvgIpc) is 2.59. The van der Waals surface area contributed by atoms with Crippen LogP contribution in [0.4, 0.5) is 4.39 Å². The van der Waals surface area contributed by atoms with Crippen molar-refractivity contribution in [3.8, 4) is 0 Å². The van der Waals surface area contributed by atoms with Gasteiger partial charge < -0.3 is 15.4 Å². The first-order chi connectivity index (χ1) is 10.0. The van der Waals surface area contributed by atoms with E-state index in [4.69, 9.17) is 10.5 Å². The largest absolute Gasteiger partial charge is 0.383 e. The van der Waals surface area contributed by atoms with Gasteiger partial charge in [0.2, 0.25) is 5.91 Å². The van der Waals surface area contributed by atoms with Gasteiger partial charge in [-0.2, -0.15) is 0 Å². The number of nitrogens with two attached hydrogens (primary N) is 1. The average molecular weight is 294 g/mol. The van der Waals surface area contributed by atoms with E-state index in [-0.39, 0.29) is 23.8 Å². The van der Waals surface area contributed by atoms with E-state index in [0.29, 0.717) is 25.1 Å². The second kappa shape index (κ2) is 7.00. The van der Waals surface area contributed by atoms with Crippen LogP contribution in [0.3, 0.4) is 0 Å². The molecule has 2 unspecified atom stereocenters. The fourth-order valence-corrected chi connectivity index (χ4v) is 2.91. The molecule has 1 saturated heterocycles. The van der Waals surface area contributed by atoms with E-state index < -0.39 is 0 Å². The van der Waals surface area contributed by atoms with Crippen LogP contribution in [0.2, 0.25) is 0 Å². The van der Waals surface area contributed by atoms with E-state index in [1.165, 1.54) is 6.07 Å². The van der Waals surface area contributed by atoms with Crippen LogP contribution in [-0.2, 0) is 9.53 Å². The van der Waals surface area contributed by atoms with Crippen LogP contribution in [0.25, 0.3) is 0 Å². The lowest BCUT2D eigenvalue weighted by Gasteiger charge is -2.34. The number of carbonyl (C=O) groups is 1. The number of hydrogen-bond acceptors (Lipinski definition) is 3. The van der Waals surface area contributed by atoms with Gasteiger partial charge in [-0.3, -0.25) is 4.79 Å². The molecule has 1 aliphatic heterocycles. The predicted molar refractivity (Wildman–Crippen MR) is 79.3 cm³/mol. The lowest BCUT2D eigenvalue weighted by molar-refractivity contribution is -0.134. The number of likely N-dealkylation sites (tertiary alicyclic amines) is 1. The molecule has 2 N–H and O–H groups in total. The normalized spacial score (nSPS) is 23.2. The van der Waals surface area contributed by atoms with Crippen molar-refractivity contribution < 1.29 is 13.9 Å². The Kier molecular flexibility index (Phi) is 5.31. The summed E-state index contributed by atoms with van der Waals surface area (Å²) in [5, 5.41) is 0. The number of aryl methyl sites for hydroxylation is 1. The molecule has 116 valence electrons. The van der Waals surface area contributed by atoms with E-state index in [0.717, 1.165) is 18.4 Å². The number of ether oxygens (including phenoxy) is 1. The van der Waals surface area contributed by atoms with Gasteiger partial charge in [0.05, 0.1) is 12.6 Å². The number of carbonyl (C=O) groups excluding carboxylic acids is 1. The zero-order valence-electron chi connectivity index (χ0n) is 12.6. The van der Waals surface area contributed by atoms with Crippen LogP contribution >= 0.6 is 0 Å². The van der Waals surface area contributed by atoms with E-state index in [9.17, 15) is 9.18 Å². The molecule has 0 aliphatic carbocycles. The molecule has 0 radical (unpaired) electrons. The zero-order chi connectivity index (χ0) is 15.4. The van der Waals surface area contributed by atoms with E-state index >= 15 is 0 Å². The second-order valence-electron chi connectivity index (χ2n) is 5.59. The van der Waals surface area contributed by atoms with Crippen LogP contribution < -0.4 is 5.73 Å². The summed E-state index contributed by atoms with van der Waals surface area (Å²) >= 11 is 0. The number of hydrogen-bond donors (Lipinski definition) is 1. The Hall–Kier alpha value is -1.46. The Balaban J connectivity index is 2.36. The first-order valence-corrected chi connectivity index (χ1v) is 7.34. The molecule has 1 heterocycles. The summed E-state index contributed by atoms with van der Waals surface area (Å²) in [4.78, 5) is 14.1. The Bertz CT molecular complexity index is 507. The number of methoxy groups -OCH3 is 1. The minimum absolute atomic E-state index is 0.0898. The maximum atomic E-state index is 13.5. The molecule has 5 heteroatoms. The third-order valence-electron chi connectivity index (χ3n) is 4.05. The van der Waals surface area contributed by atoms with Gasteiger partial charge in [0, 0.05) is 26.1 Å². The second-order valence-corrected chi connectivity index (χ2v) is 5.59. The molecule has 21 heavy (non-hydrogen) atoms. The highest BCUT2D eigenvalue weighted by Crippen LogP contribution is 2.30. The molecule has 2 atom stereocenters. The molecule has 1 aromatic rings. The maximum absolute atomic E-state index is 13.5.